The number of benzene rings is 3. The molecular weight excluding hydrogens is 330 g/mol. The molecule has 0 fully saturated rings. The van der Waals surface area contributed by atoms with Crippen LogP contribution in [0.4, 0.5) is 0 Å². The summed E-state index contributed by atoms with van der Waals surface area (Å²) in [5.41, 5.74) is 3.81. The van der Waals surface area contributed by atoms with E-state index in [0.29, 0.717) is 0 Å². The predicted molar refractivity (Wildman–Crippen MR) is 112 cm³/mol. The maximum Gasteiger partial charge on any atom is 0.180 e. The van der Waals surface area contributed by atoms with Crippen molar-refractivity contribution in [3.05, 3.63) is 103 Å². The molecule has 0 bridgehead atoms. The molecule has 0 saturated heterocycles. The Morgan fingerprint density at radius 2 is 1.19 bits per heavy atom. The van der Waals surface area contributed by atoms with Crippen molar-refractivity contribution in [1.29, 1.82) is 0 Å². The standard InChI is InChI=1S/C24H19NSi/c1-18-24-21-14-8-9-15-22(21)26(23(24)16-17-25-18,19-10-4-2-5-11-19)20-12-6-3-7-13-20/h2-17H,1H3. The van der Waals surface area contributed by atoms with Gasteiger partial charge in [0.15, 0.2) is 8.07 Å². The second-order valence-corrected chi connectivity index (χ2v) is 10.6. The van der Waals surface area contributed by atoms with Gasteiger partial charge >= 0.3 is 0 Å². The van der Waals surface area contributed by atoms with Crippen molar-refractivity contribution in [3.8, 4) is 11.1 Å². The van der Waals surface area contributed by atoms with Crippen LogP contribution in [0.5, 0.6) is 0 Å². The zero-order chi connectivity index (χ0) is 17.6. The van der Waals surface area contributed by atoms with E-state index in [1.807, 2.05) is 6.20 Å². The van der Waals surface area contributed by atoms with Crippen LogP contribution in [0.1, 0.15) is 5.69 Å². The highest BCUT2D eigenvalue weighted by Crippen LogP contribution is 2.29. The van der Waals surface area contributed by atoms with E-state index in [1.54, 1.807) is 0 Å². The van der Waals surface area contributed by atoms with E-state index in [4.69, 9.17) is 0 Å². The van der Waals surface area contributed by atoms with Gasteiger partial charge in [0, 0.05) is 17.5 Å². The van der Waals surface area contributed by atoms with Gasteiger partial charge < -0.3 is 0 Å². The van der Waals surface area contributed by atoms with Crippen LogP contribution in [0.3, 0.4) is 0 Å². The molecule has 1 aromatic heterocycles. The van der Waals surface area contributed by atoms with Crippen LogP contribution in [-0.2, 0) is 0 Å². The van der Waals surface area contributed by atoms with E-state index < -0.39 is 8.07 Å². The largest absolute Gasteiger partial charge is 0.261 e. The van der Waals surface area contributed by atoms with E-state index in [-0.39, 0.29) is 0 Å². The number of aromatic nitrogens is 1. The summed E-state index contributed by atoms with van der Waals surface area (Å²) in [7, 11) is -2.30. The fraction of sp³-hybridized carbons (Fsp3) is 0.0417. The van der Waals surface area contributed by atoms with Gasteiger partial charge in [-0.05, 0) is 39.3 Å². The Morgan fingerprint density at radius 3 is 1.85 bits per heavy atom. The van der Waals surface area contributed by atoms with E-state index >= 15 is 0 Å². The van der Waals surface area contributed by atoms with Crippen LogP contribution in [0, 0.1) is 6.92 Å². The number of aryl methyl sites for hydroxylation is 1. The van der Waals surface area contributed by atoms with Crippen molar-refractivity contribution >= 4 is 28.8 Å². The Balaban J connectivity index is 2.00. The molecule has 0 spiro atoms. The molecule has 1 aliphatic rings. The number of rotatable bonds is 2. The summed E-state index contributed by atoms with van der Waals surface area (Å²) in [6.07, 6.45) is 1.98. The van der Waals surface area contributed by atoms with Crippen LogP contribution in [-0.4, -0.2) is 13.1 Å². The molecule has 2 heterocycles. The van der Waals surface area contributed by atoms with E-state index in [2.05, 4.69) is 103 Å². The third-order valence-electron chi connectivity index (χ3n) is 5.56. The molecule has 1 nitrogen and oxygen atoms in total. The quantitative estimate of drug-likeness (QED) is 0.447. The second-order valence-electron chi connectivity index (χ2n) is 6.85. The van der Waals surface area contributed by atoms with Crippen molar-refractivity contribution in [2.45, 2.75) is 6.92 Å². The van der Waals surface area contributed by atoms with Gasteiger partial charge in [-0.3, -0.25) is 4.98 Å². The number of pyridine rings is 1. The van der Waals surface area contributed by atoms with Crippen LogP contribution < -0.4 is 20.7 Å². The molecule has 5 rings (SSSR count). The molecule has 0 aliphatic carbocycles. The molecule has 0 saturated carbocycles. The lowest BCUT2D eigenvalue weighted by Gasteiger charge is -2.31. The Labute approximate surface area is 155 Å². The first-order valence-electron chi connectivity index (χ1n) is 9.00. The summed E-state index contributed by atoms with van der Waals surface area (Å²) >= 11 is 0. The van der Waals surface area contributed by atoms with E-state index in [1.165, 1.54) is 31.9 Å². The third-order valence-corrected chi connectivity index (χ3v) is 10.4. The molecule has 4 aromatic rings. The summed E-state index contributed by atoms with van der Waals surface area (Å²) < 4.78 is 0. The van der Waals surface area contributed by atoms with Crippen LogP contribution in [0.2, 0.25) is 0 Å². The SMILES string of the molecule is Cc1nccc2c1-c1ccccc1[Si]2(c1ccccc1)c1ccccc1. The van der Waals surface area contributed by atoms with Gasteiger partial charge in [-0.25, -0.2) is 0 Å². The van der Waals surface area contributed by atoms with E-state index in [0.717, 1.165) is 5.69 Å². The lowest BCUT2D eigenvalue weighted by Crippen LogP contribution is -2.72. The van der Waals surface area contributed by atoms with Gasteiger partial charge in [0.2, 0.25) is 0 Å². The predicted octanol–water partition coefficient (Wildman–Crippen LogP) is 2.75. The Morgan fingerprint density at radius 1 is 0.615 bits per heavy atom. The molecule has 0 amide bonds. The number of nitrogens with zero attached hydrogens (tertiary/aromatic N) is 1. The average molecular weight is 350 g/mol. The minimum atomic E-state index is -2.30. The highest BCUT2D eigenvalue weighted by molar-refractivity contribution is 7.22. The Hall–Kier alpha value is -2.97. The zero-order valence-electron chi connectivity index (χ0n) is 14.7. The van der Waals surface area contributed by atoms with Gasteiger partial charge in [-0.15, -0.1) is 0 Å². The van der Waals surface area contributed by atoms with Gasteiger partial charge in [0.1, 0.15) is 0 Å². The summed E-state index contributed by atoms with van der Waals surface area (Å²) in [4.78, 5) is 4.62. The molecule has 0 N–H and O–H groups in total. The van der Waals surface area contributed by atoms with Crippen molar-refractivity contribution in [3.63, 3.8) is 0 Å². The van der Waals surface area contributed by atoms with Gasteiger partial charge in [-0.2, -0.15) is 0 Å². The molecule has 26 heavy (non-hydrogen) atoms. The maximum atomic E-state index is 4.62. The smallest absolute Gasteiger partial charge is 0.180 e. The zero-order valence-corrected chi connectivity index (χ0v) is 15.7. The minimum absolute atomic E-state index is 1.12. The first kappa shape index (κ1) is 15.3. The topological polar surface area (TPSA) is 12.9 Å². The van der Waals surface area contributed by atoms with Crippen LogP contribution >= 0.6 is 0 Å². The Bertz CT molecular complexity index is 1050. The lowest BCUT2D eigenvalue weighted by molar-refractivity contribution is 1.22. The first-order chi connectivity index (χ1) is 12.8. The third kappa shape index (κ3) is 1.93. The number of hydrogen-bond acceptors (Lipinski definition) is 1. The van der Waals surface area contributed by atoms with Crippen LogP contribution in [0.25, 0.3) is 11.1 Å². The summed E-state index contributed by atoms with van der Waals surface area (Å²) in [5, 5.41) is 5.80. The average Bonchev–Trinajstić information content (AvgIpc) is 3.02. The van der Waals surface area contributed by atoms with Crippen molar-refractivity contribution in [2.24, 2.45) is 0 Å². The molecule has 0 radical (unpaired) electrons. The fourth-order valence-electron chi connectivity index (χ4n) is 4.56. The molecular formula is C24H19NSi. The molecule has 124 valence electrons. The molecule has 2 heteroatoms. The highest BCUT2D eigenvalue weighted by atomic mass is 28.3. The number of hydrogen-bond donors (Lipinski definition) is 0. The highest BCUT2D eigenvalue weighted by Gasteiger charge is 2.48. The molecule has 1 aliphatic heterocycles. The first-order valence-corrected chi connectivity index (χ1v) is 11.0. The Kier molecular flexibility index (Phi) is 3.40. The maximum absolute atomic E-state index is 4.62. The van der Waals surface area contributed by atoms with Crippen molar-refractivity contribution in [2.75, 3.05) is 0 Å². The molecule has 0 unspecified atom stereocenters. The normalized spacial score (nSPS) is 13.9. The molecule has 0 atom stereocenters. The monoisotopic (exact) mass is 349 g/mol. The van der Waals surface area contributed by atoms with Gasteiger partial charge in [-0.1, -0.05) is 84.9 Å². The van der Waals surface area contributed by atoms with Crippen molar-refractivity contribution < 1.29 is 0 Å². The van der Waals surface area contributed by atoms with Crippen molar-refractivity contribution in [1.82, 2.24) is 4.98 Å². The minimum Gasteiger partial charge on any atom is -0.261 e. The van der Waals surface area contributed by atoms with Crippen LogP contribution in [0.15, 0.2) is 97.2 Å². The summed E-state index contributed by atoms with van der Waals surface area (Å²) in [6.45, 7) is 2.13. The van der Waals surface area contributed by atoms with Gasteiger partial charge in [0.05, 0.1) is 0 Å². The lowest BCUT2D eigenvalue weighted by atomic mass is 10.1. The molecule has 3 aromatic carbocycles. The van der Waals surface area contributed by atoms with Gasteiger partial charge in [0.25, 0.3) is 0 Å². The second kappa shape index (κ2) is 5.79. The summed E-state index contributed by atoms with van der Waals surface area (Å²) in [6, 6.07) is 33.3. The fourth-order valence-corrected chi connectivity index (χ4v) is 9.78. The van der Waals surface area contributed by atoms with E-state index in [9.17, 15) is 0 Å². The summed E-state index contributed by atoms with van der Waals surface area (Å²) in [5.74, 6) is 0. The number of fused-ring (bicyclic) bond motifs is 3.